The lowest BCUT2D eigenvalue weighted by atomic mass is 9.87. The van der Waals surface area contributed by atoms with E-state index in [0.29, 0.717) is 5.92 Å². The summed E-state index contributed by atoms with van der Waals surface area (Å²) in [7, 11) is 0. The van der Waals surface area contributed by atoms with Crippen LogP contribution in [0.4, 0.5) is 0 Å². The highest BCUT2D eigenvalue weighted by Crippen LogP contribution is 2.24. The Hall–Kier alpha value is -0.560. The monoisotopic (exact) mass is 462 g/mol. The Morgan fingerprint density at radius 1 is 0.424 bits per heavy atom. The average molecular weight is 463 g/mol. The zero-order valence-electron chi connectivity index (χ0n) is 23.2. The fourth-order valence-electron chi connectivity index (χ4n) is 4.74. The van der Waals surface area contributed by atoms with E-state index >= 15 is 0 Å². The lowest BCUT2D eigenvalue weighted by molar-refractivity contribution is 0.0841. The van der Waals surface area contributed by atoms with Gasteiger partial charge in [0.15, 0.2) is 0 Å². The SMILES string of the molecule is CCCCC/C=C\CCCC(CCC/C=C\CCCCC)C(O)CCCCCCCCCC. The van der Waals surface area contributed by atoms with Crippen LogP contribution in [0.15, 0.2) is 24.3 Å². The lowest BCUT2D eigenvalue weighted by Crippen LogP contribution is -2.20. The van der Waals surface area contributed by atoms with Crippen LogP contribution >= 0.6 is 0 Å². The van der Waals surface area contributed by atoms with E-state index < -0.39 is 0 Å². The standard InChI is InChI=1S/C32H62O/c1-4-7-10-13-16-19-22-25-28-31(29-26-23-20-17-14-11-8-5-2)32(33)30-27-24-21-18-15-12-9-6-3/h16-17,19-20,31-33H,4-15,18,21-30H2,1-3H3/b19-16-,20-17-. The van der Waals surface area contributed by atoms with Crippen LogP contribution < -0.4 is 0 Å². The molecule has 1 atom stereocenters. The molecule has 0 aromatic carbocycles. The molecule has 0 heterocycles. The number of aliphatic hydroxyl groups excluding tert-OH is 1. The van der Waals surface area contributed by atoms with Gasteiger partial charge >= 0.3 is 0 Å². The number of allylic oxidation sites excluding steroid dienone is 4. The van der Waals surface area contributed by atoms with Gasteiger partial charge in [0.1, 0.15) is 0 Å². The first-order chi connectivity index (χ1) is 16.3. The second-order valence-electron chi connectivity index (χ2n) is 10.4. The molecule has 0 amide bonds. The number of unbranched alkanes of at least 4 members (excludes halogenated alkanes) is 15. The quantitative estimate of drug-likeness (QED) is 0.100. The van der Waals surface area contributed by atoms with E-state index in [-0.39, 0.29) is 6.10 Å². The van der Waals surface area contributed by atoms with Gasteiger partial charge in [-0.1, -0.05) is 122 Å². The summed E-state index contributed by atoms with van der Waals surface area (Å²) >= 11 is 0. The molecular formula is C32H62O. The highest BCUT2D eigenvalue weighted by molar-refractivity contribution is 4.84. The smallest absolute Gasteiger partial charge is 0.0568 e. The molecule has 196 valence electrons. The Balaban J connectivity index is 4.17. The fourth-order valence-corrected chi connectivity index (χ4v) is 4.74. The van der Waals surface area contributed by atoms with Crippen molar-refractivity contribution < 1.29 is 5.11 Å². The Kier molecular flexibility index (Phi) is 27.2. The Labute approximate surface area is 209 Å². The molecule has 33 heavy (non-hydrogen) atoms. The summed E-state index contributed by atoms with van der Waals surface area (Å²) in [6.45, 7) is 6.82. The molecule has 1 nitrogen and oxygen atoms in total. The van der Waals surface area contributed by atoms with Crippen molar-refractivity contribution in [2.75, 3.05) is 0 Å². The van der Waals surface area contributed by atoms with Gasteiger partial charge in [-0.2, -0.15) is 0 Å². The van der Waals surface area contributed by atoms with E-state index in [0.717, 1.165) is 6.42 Å². The zero-order valence-corrected chi connectivity index (χ0v) is 23.2. The molecule has 1 unspecified atom stereocenters. The molecule has 0 rings (SSSR count). The molecule has 0 saturated heterocycles. The van der Waals surface area contributed by atoms with Crippen LogP contribution in [0.2, 0.25) is 0 Å². The normalized spacial score (nSPS) is 13.1. The van der Waals surface area contributed by atoms with Crippen molar-refractivity contribution in [1.29, 1.82) is 0 Å². The van der Waals surface area contributed by atoms with Crippen molar-refractivity contribution in [3.63, 3.8) is 0 Å². The van der Waals surface area contributed by atoms with E-state index in [1.165, 1.54) is 141 Å². The van der Waals surface area contributed by atoms with Crippen molar-refractivity contribution in [3.05, 3.63) is 24.3 Å². The van der Waals surface area contributed by atoms with E-state index in [1.54, 1.807) is 0 Å². The van der Waals surface area contributed by atoms with E-state index in [2.05, 4.69) is 45.1 Å². The van der Waals surface area contributed by atoms with Crippen LogP contribution in [0.5, 0.6) is 0 Å². The van der Waals surface area contributed by atoms with Gasteiger partial charge in [0.2, 0.25) is 0 Å². The molecule has 0 aromatic heterocycles. The minimum Gasteiger partial charge on any atom is -0.393 e. The first-order valence-corrected chi connectivity index (χ1v) is 15.2. The number of aliphatic hydroxyl groups is 1. The second-order valence-corrected chi connectivity index (χ2v) is 10.4. The third-order valence-electron chi connectivity index (χ3n) is 7.07. The molecule has 0 aliphatic rings. The molecule has 0 fully saturated rings. The first-order valence-electron chi connectivity index (χ1n) is 15.2. The maximum atomic E-state index is 10.9. The predicted octanol–water partition coefficient (Wildman–Crippen LogP) is 11.1. The maximum absolute atomic E-state index is 10.9. The second kappa shape index (κ2) is 27.7. The highest BCUT2D eigenvalue weighted by atomic mass is 16.3. The third kappa shape index (κ3) is 24.4. The molecule has 1 heteroatoms. The average Bonchev–Trinajstić information content (AvgIpc) is 2.82. The summed E-state index contributed by atoms with van der Waals surface area (Å²) in [5.74, 6) is 0.497. The summed E-state index contributed by atoms with van der Waals surface area (Å²) in [6.07, 6.45) is 38.9. The molecule has 0 spiro atoms. The van der Waals surface area contributed by atoms with Gasteiger partial charge in [0, 0.05) is 0 Å². The molecule has 0 aliphatic carbocycles. The van der Waals surface area contributed by atoms with Gasteiger partial charge in [-0.15, -0.1) is 0 Å². The molecule has 0 saturated carbocycles. The zero-order chi connectivity index (χ0) is 24.2. The van der Waals surface area contributed by atoms with Crippen LogP contribution in [-0.2, 0) is 0 Å². The summed E-state index contributed by atoms with van der Waals surface area (Å²) in [5, 5.41) is 10.9. The van der Waals surface area contributed by atoms with Gasteiger partial charge in [-0.3, -0.25) is 0 Å². The number of rotatable bonds is 26. The maximum Gasteiger partial charge on any atom is 0.0568 e. The van der Waals surface area contributed by atoms with Crippen molar-refractivity contribution in [2.24, 2.45) is 5.92 Å². The van der Waals surface area contributed by atoms with Gasteiger partial charge in [0.25, 0.3) is 0 Å². The minimum atomic E-state index is -0.0906. The molecule has 0 aromatic rings. The predicted molar refractivity (Wildman–Crippen MR) is 151 cm³/mol. The molecule has 0 radical (unpaired) electrons. The van der Waals surface area contributed by atoms with Crippen LogP contribution in [-0.4, -0.2) is 11.2 Å². The lowest BCUT2D eigenvalue weighted by Gasteiger charge is -2.23. The topological polar surface area (TPSA) is 20.2 Å². The number of hydrogen-bond donors (Lipinski definition) is 1. The van der Waals surface area contributed by atoms with E-state index in [9.17, 15) is 5.11 Å². The van der Waals surface area contributed by atoms with Crippen molar-refractivity contribution in [3.8, 4) is 0 Å². The largest absolute Gasteiger partial charge is 0.393 e. The molecular weight excluding hydrogens is 400 g/mol. The van der Waals surface area contributed by atoms with E-state index in [1.807, 2.05) is 0 Å². The molecule has 0 bridgehead atoms. The molecule has 1 N–H and O–H groups in total. The van der Waals surface area contributed by atoms with Crippen molar-refractivity contribution >= 4 is 0 Å². The van der Waals surface area contributed by atoms with Gasteiger partial charge in [-0.05, 0) is 76.5 Å². The van der Waals surface area contributed by atoms with E-state index in [4.69, 9.17) is 0 Å². The summed E-state index contributed by atoms with van der Waals surface area (Å²) in [6, 6.07) is 0. The van der Waals surface area contributed by atoms with Crippen LogP contribution in [0.3, 0.4) is 0 Å². The Bertz CT molecular complexity index is 385. The van der Waals surface area contributed by atoms with Crippen LogP contribution in [0.25, 0.3) is 0 Å². The summed E-state index contributed by atoms with van der Waals surface area (Å²) in [5.41, 5.74) is 0. The summed E-state index contributed by atoms with van der Waals surface area (Å²) in [4.78, 5) is 0. The number of hydrogen-bond acceptors (Lipinski definition) is 1. The first kappa shape index (κ1) is 32.4. The van der Waals surface area contributed by atoms with Crippen LogP contribution in [0.1, 0.15) is 168 Å². The minimum absolute atomic E-state index is 0.0906. The molecule has 0 aliphatic heterocycles. The van der Waals surface area contributed by atoms with Gasteiger partial charge < -0.3 is 5.11 Å². The van der Waals surface area contributed by atoms with Gasteiger partial charge in [-0.25, -0.2) is 0 Å². The Morgan fingerprint density at radius 3 is 1.24 bits per heavy atom. The highest BCUT2D eigenvalue weighted by Gasteiger charge is 2.18. The van der Waals surface area contributed by atoms with Crippen LogP contribution in [0, 0.1) is 5.92 Å². The summed E-state index contributed by atoms with van der Waals surface area (Å²) < 4.78 is 0. The van der Waals surface area contributed by atoms with Crippen molar-refractivity contribution in [2.45, 2.75) is 175 Å². The third-order valence-corrected chi connectivity index (χ3v) is 7.07. The van der Waals surface area contributed by atoms with Crippen molar-refractivity contribution in [1.82, 2.24) is 0 Å². The Morgan fingerprint density at radius 2 is 0.788 bits per heavy atom. The van der Waals surface area contributed by atoms with Gasteiger partial charge in [0.05, 0.1) is 6.10 Å². The fraction of sp³-hybridized carbons (Fsp3) is 0.875.